The number of hydrogen-bond donors (Lipinski definition) is 2. The SMILES string of the molecule is CC=CC(C)C(=O)O.Cc1occc(=O)c1O. The van der Waals surface area contributed by atoms with Crippen LogP contribution in [0.3, 0.4) is 0 Å². The number of carboxylic acids is 1. The molecular weight excluding hydrogens is 224 g/mol. The minimum absolute atomic E-state index is 0.252. The van der Waals surface area contributed by atoms with Crippen molar-refractivity contribution in [2.45, 2.75) is 20.8 Å². The van der Waals surface area contributed by atoms with Crippen molar-refractivity contribution < 1.29 is 19.4 Å². The van der Waals surface area contributed by atoms with Gasteiger partial charge in [-0.1, -0.05) is 12.2 Å². The number of rotatable bonds is 2. The fourth-order valence-electron chi connectivity index (χ4n) is 0.877. The molecule has 94 valence electrons. The summed E-state index contributed by atoms with van der Waals surface area (Å²) in [7, 11) is 0. The maximum absolute atomic E-state index is 10.5. The third-order valence-electron chi connectivity index (χ3n) is 1.90. The van der Waals surface area contributed by atoms with E-state index in [-0.39, 0.29) is 17.4 Å². The van der Waals surface area contributed by atoms with Gasteiger partial charge in [-0.05, 0) is 20.8 Å². The molecule has 0 radical (unpaired) electrons. The molecule has 0 saturated heterocycles. The molecule has 0 saturated carbocycles. The van der Waals surface area contributed by atoms with Gasteiger partial charge in [0.15, 0.2) is 0 Å². The van der Waals surface area contributed by atoms with Crippen molar-refractivity contribution in [2.24, 2.45) is 5.92 Å². The minimum Gasteiger partial charge on any atom is -0.502 e. The van der Waals surface area contributed by atoms with Crippen molar-refractivity contribution in [3.8, 4) is 5.75 Å². The lowest BCUT2D eigenvalue weighted by Gasteiger charge is -1.93. The molecule has 1 aromatic rings. The first-order chi connectivity index (χ1) is 7.90. The number of aliphatic carboxylic acids is 1. The van der Waals surface area contributed by atoms with Crippen LogP contribution in [0.4, 0.5) is 0 Å². The second kappa shape index (κ2) is 7.27. The van der Waals surface area contributed by atoms with E-state index in [0.29, 0.717) is 0 Å². The second-order valence-electron chi connectivity index (χ2n) is 3.34. The lowest BCUT2D eigenvalue weighted by atomic mass is 10.2. The highest BCUT2D eigenvalue weighted by Crippen LogP contribution is 2.06. The fourth-order valence-corrected chi connectivity index (χ4v) is 0.877. The quantitative estimate of drug-likeness (QED) is 0.771. The average molecular weight is 240 g/mol. The predicted octanol–water partition coefficient (Wildman–Crippen LogP) is 1.94. The zero-order valence-corrected chi connectivity index (χ0v) is 10.0. The first-order valence-corrected chi connectivity index (χ1v) is 5.03. The van der Waals surface area contributed by atoms with Gasteiger partial charge in [0.2, 0.25) is 11.2 Å². The summed E-state index contributed by atoms with van der Waals surface area (Å²) < 4.78 is 4.69. The number of allylic oxidation sites excluding steroid dienone is 1. The highest BCUT2D eigenvalue weighted by molar-refractivity contribution is 5.71. The Labute approximate surface area is 99.0 Å². The van der Waals surface area contributed by atoms with E-state index < -0.39 is 11.4 Å². The lowest BCUT2D eigenvalue weighted by Crippen LogP contribution is -2.05. The monoisotopic (exact) mass is 240 g/mol. The molecule has 0 aliphatic carbocycles. The van der Waals surface area contributed by atoms with Crippen LogP contribution in [0.2, 0.25) is 0 Å². The first kappa shape index (κ1) is 15.0. The Morgan fingerprint density at radius 2 is 2.12 bits per heavy atom. The van der Waals surface area contributed by atoms with Crippen molar-refractivity contribution in [1.29, 1.82) is 0 Å². The van der Waals surface area contributed by atoms with Gasteiger partial charge in [0.1, 0.15) is 5.76 Å². The molecular formula is C12H16O5. The van der Waals surface area contributed by atoms with Gasteiger partial charge in [-0.3, -0.25) is 9.59 Å². The van der Waals surface area contributed by atoms with Gasteiger partial charge in [0, 0.05) is 6.07 Å². The summed E-state index contributed by atoms with van der Waals surface area (Å²) in [5.74, 6) is -1.18. The van der Waals surface area contributed by atoms with Crippen LogP contribution in [0.5, 0.6) is 5.75 Å². The lowest BCUT2D eigenvalue weighted by molar-refractivity contribution is -0.139. The third kappa shape index (κ3) is 5.55. The molecule has 1 heterocycles. The van der Waals surface area contributed by atoms with Gasteiger partial charge in [0.05, 0.1) is 12.2 Å². The van der Waals surface area contributed by atoms with E-state index in [9.17, 15) is 9.59 Å². The summed E-state index contributed by atoms with van der Waals surface area (Å²) in [5.41, 5.74) is -0.404. The average Bonchev–Trinajstić information content (AvgIpc) is 2.27. The Morgan fingerprint density at radius 3 is 2.41 bits per heavy atom. The summed E-state index contributed by atoms with van der Waals surface area (Å²) in [4.78, 5) is 20.6. The Kier molecular flexibility index (Phi) is 6.40. The predicted molar refractivity (Wildman–Crippen MR) is 63.0 cm³/mol. The molecule has 1 aromatic heterocycles. The molecule has 0 fully saturated rings. The van der Waals surface area contributed by atoms with Crippen LogP contribution in [0.25, 0.3) is 0 Å². The zero-order chi connectivity index (χ0) is 13.4. The van der Waals surface area contributed by atoms with Gasteiger partial charge in [-0.15, -0.1) is 0 Å². The molecule has 1 rings (SSSR count). The molecule has 0 aromatic carbocycles. The Balaban J connectivity index is 0.000000304. The van der Waals surface area contributed by atoms with Crippen LogP contribution in [-0.2, 0) is 4.79 Å². The third-order valence-corrected chi connectivity index (χ3v) is 1.90. The van der Waals surface area contributed by atoms with E-state index in [0.717, 1.165) is 0 Å². The van der Waals surface area contributed by atoms with Crippen LogP contribution < -0.4 is 5.43 Å². The van der Waals surface area contributed by atoms with E-state index in [1.54, 1.807) is 26.0 Å². The fraction of sp³-hybridized carbons (Fsp3) is 0.333. The Hall–Kier alpha value is -2.04. The number of hydrogen-bond acceptors (Lipinski definition) is 4. The molecule has 2 N–H and O–H groups in total. The summed E-state index contributed by atoms with van der Waals surface area (Å²) >= 11 is 0. The van der Waals surface area contributed by atoms with Gasteiger partial charge < -0.3 is 14.6 Å². The maximum Gasteiger partial charge on any atom is 0.310 e. The highest BCUT2D eigenvalue weighted by atomic mass is 16.4. The second-order valence-corrected chi connectivity index (χ2v) is 3.34. The van der Waals surface area contributed by atoms with Crippen molar-refractivity contribution in [1.82, 2.24) is 0 Å². The summed E-state index contributed by atoms with van der Waals surface area (Å²) in [6, 6.07) is 1.17. The highest BCUT2D eigenvalue weighted by Gasteiger charge is 2.03. The number of carbonyl (C=O) groups is 1. The molecule has 5 nitrogen and oxygen atoms in total. The standard InChI is InChI=1S/C6H6O3.C6H10O2/c1-4-6(8)5(7)2-3-9-4;1-3-4-5(2)6(7)8/h2-3,8H,1H3;3-5H,1-2H3,(H,7,8). The molecule has 0 aliphatic heterocycles. The van der Waals surface area contributed by atoms with E-state index >= 15 is 0 Å². The first-order valence-electron chi connectivity index (χ1n) is 5.03. The van der Waals surface area contributed by atoms with Crippen molar-refractivity contribution >= 4 is 5.97 Å². The minimum atomic E-state index is -0.775. The summed E-state index contributed by atoms with van der Waals surface area (Å²) in [6.45, 7) is 4.97. The summed E-state index contributed by atoms with van der Waals surface area (Å²) in [6.07, 6.45) is 4.62. The normalized spacial score (nSPS) is 11.7. The number of carboxylic acid groups (broad SMARTS) is 1. The zero-order valence-electron chi connectivity index (χ0n) is 10.0. The topological polar surface area (TPSA) is 87.7 Å². The summed E-state index contributed by atoms with van der Waals surface area (Å²) in [5, 5.41) is 17.1. The molecule has 5 heteroatoms. The molecule has 17 heavy (non-hydrogen) atoms. The van der Waals surface area contributed by atoms with Gasteiger partial charge in [0.25, 0.3) is 0 Å². The van der Waals surface area contributed by atoms with Crippen molar-refractivity contribution in [3.63, 3.8) is 0 Å². The van der Waals surface area contributed by atoms with Gasteiger partial charge in [-0.2, -0.15) is 0 Å². The van der Waals surface area contributed by atoms with Crippen molar-refractivity contribution in [3.05, 3.63) is 40.5 Å². The number of aromatic hydroxyl groups is 1. The Morgan fingerprint density at radius 1 is 1.53 bits per heavy atom. The van der Waals surface area contributed by atoms with E-state index in [1.165, 1.54) is 19.3 Å². The smallest absolute Gasteiger partial charge is 0.310 e. The van der Waals surface area contributed by atoms with Crippen LogP contribution in [-0.4, -0.2) is 16.2 Å². The Bertz CT molecular complexity index is 444. The molecule has 0 amide bonds. The van der Waals surface area contributed by atoms with Crippen LogP contribution in [0.1, 0.15) is 19.6 Å². The van der Waals surface area contributed by atoms with Gasteiger partial charge in [-0.25, -0.2) is 0 Å². The van der Waals surface area contributed by atoms with E-state index in [4.69, 9.17) is 10.2 Å². The molecule has 0 spiro atoms. The molecule has 0 aliphatic rings. The largest absolute Gasteiger partial charge is 0.502 e. The van der Waals surface area contributed by atoms with Crippen LogP contribution in [0.15, 0.2) is 33.7 Å². The molecule has 0 bridgehead atoms. The molecule has 1 unspecified atom stereocenters. The van der Waals surface area contributed by atoms with Crippen LogP contribution in [0, 0.1) is 12.8 Å². The van der Waals surface area contributed by atoms with Gasteiger partial charge >= 0.3 is 5.97 Å². The van der Waals surface area contributed by atoms with E-state index in [1.807, 2.05) is 0 Å². The number of aryl methyl sites for hydroxylation is 1. The van der Waals surface area contributed by atoms with Crippen molar-refractivity contribution in [2.75, 3.05) is 0 Å². The van der Waals surface area contributed by atoms with E-state index in [2.05, 4.69) is 4.42 Å². The van der Waals surface area contributed by atoms with Crippen LogP contribution >= 0.6 is 0 Å². The maximum atomic E-state index is 10.5. The molecule has 1 atom stereocenters.